The molecule has 2 aromatic rings. The number of pyridine rings is 1. The molecule has 0 spiro atoms. The van der Waals surface area contributed by atoms with Crippen LogP contribution in [0.4, 0.5) is 0 Å². The van der Waals surface area contributed by atoms with Crippen LogP contribution in [0.15, 0.2) is 48.7 Å². The maximum Gasteiger partial charge on any atom is 0.213 e. The highest BCUT2D eigenvalue weighted by atomic mass is 79.9. The van der Waals surface area contributed by atoms with Gasteiger partial charge in [0.05, 0.1) is 7.11 Å². The van der Waals surface area contributed by atoms with Gasteiger partial charge in [0.2, 0.25) is 5.88 Å². The highest BCUT2D eigenvalue weighted by molar-refractivity contribution is 9.09. The fourth-order valence-electron chi connectivity index (χ4n) is 1.68. The highest BCUT2D eigenvalue weighted by Crippen LogP contribution is 2.27. The summed E-state index contributed by atoms with van der Waals surface area (Å²) >= 11 is 3.71. The van der Waals surface area contributed by atoms with Crippen molar-refractivity contribution < 1.29 is 4.74 Å². The number of hydrogen-bond donors (Lipinski definition) is 0. The van der Waals surface area contributed by atoms with E-state index < -0.39 is 0 Å². The number of rotatable bonds is 4. The SMILES string of the molecule is COc1cc(CC(Br)c2ccccc2)ccn1. The summed E-state index contributed by atoms with van der Waals surface area (Å²) in [6, 6.07) is 14.4. The molecule has 0 bridgehead atoms. The topological polar surface area (TPSA) is 22.1 Å². The first kappa shape index (κ1) is 12.1. The van der Waals surface area contributed by atoms with Gasteiger partial charge >= 0.3 is 0 Å². The maximum absolute atomic E-state index is 5.12. The normalized spacial score (nSPS) is 12.1. The van der Waals surface area contributed by atoms with Gasteiger partial charge in [0.1, 0.15) is 0 Å². The van der Waals surface area contributed by atoms with Gasteiger partial charge in [-0.05, 0) is 23.6 Å². The van der Waals surface area contributed by atoms with Crippen molar-refractivity contribution in [3.05, 3.63) is 59.8 Å². The van der Waals surface area contributed by atoms with Crippen LogP contribution in [0.1, 0.15) is 16.0 Å². The van der Waals surface area contributed by atoms with E-state index in [2.05, 4.69) is 45.2 Å². The molecule has 1 atom stereocenters. The summed E-state index contributed by atoms with van der Waals surface area (Å²) in [7, 11) is 1.63. The van der Waals surface area contributed by atoms with Crippen LogP contribution in [-0.4, -0.2) is 12.1 Å². The number of methoxy groups -OCH3 is 1. The molecule has 0 amide bonds. The van der Waals surface area contributed by atoms with Gasteiger partial charge in [-0.15, -0.1) is 0 Å². The molecule has 0 radical (unpaired) electrons. The van der Waals surface area contributed by atoms with Gasteiger partial charge in [0.15, 0.2) is 0 Å². The summed E-state index contributed by atoms with van der Waals surface area (Å²) in [5, 5.41) is 0. The second-order valence-electron chi connectivity index (χ2n) is 3.79. The predicted octanol–water partition coefficient (Wildman–Crippen LogP) is 3.77. The van der Waals surface area contributed by atoms with E-state index in [9.17, 15) is 0 Å². The lowest BCUT2D eigenvalue weighted by atomic mass is 10.1. The smallest absolute Gasteiger partial charge is 0.213 e. The lowest BCUT2D eigenvalue weighted by Crippen LogP contribution is -1.96. The van der Waals surface area contributed by atoms with Gasteiger partial charge in [0, 0.05) is 17.1 Å². The van der Waals surface area contributed by atoms with Gasteiger partial charge in [-0.2, -0.15) is 0 Å². The van der Waals surface area contributed by atoms with Gasteiger partial charge in [-0.25, -0.2) is 4.98 Å². The molecule has 3 heteroatoms. The van der Waals surface area contributed by atoms with Crippen LogP contribution in [0.25, 0.3) is 0 Å². The van der Waals surface area contributed by atoms with E-state index in [-0.39, 0.29) is 0 Å². The third-order valence-electron chi connectivity index (χ3n) is 2.58. The maximum atomic E-state index is 5.12. The minimum Gasteiger partial charge on any atom is -0.481 e. The quantitative estimate of drug-likeness (QED) is 0.800. The van der Waals surface area contributed by atoms with Crippen LogP contribution in [0.2, 0.25) is 0 Å². The van der Waals surface area contributed by atoms with Gasteiger partial charge in [0.25, 0.3) is 0 Å². The molecule has 1 aromatic carbocycles. The number of alkyl halides is 1. The van der Waals surface area contributed by atoms with Crippen molar-refractivity contribution in [2.45, 2.75) is 11.2 Å². The van der Waals surface area contributed by atoms with Crippen molar-refractivity contribution in [1.29, 1.82) is 0 Å². The Hall–Kier alpha value is -1.35. The number of benzene rings is 1. The number of nitrogens with zero attached hydrogens (tertiary/aromatic N) is 1. The van der Waals surface area contributed by atoms with Crippen molar-refractivity contribution in [2.24, 2.45) is 0 Å². The molecule has 0 aliphatic rings. The number of hydrogen-bond acceptors (Lipinski definition) is 2. The molecule has 1 unspecified atom stereocenters. The Morgan fingerprint density at radius 3 is 2.71 bits per heavy atom. The van der Waals surface area contributed by atoms with Crippen molar-refractivity contribution in [3.63, 3.8) is 0 Å². The molecule has 17 heavy (non-hydrogen) atoms. The van der Waals surface area contributed by atoms with E-state index in [1.54, 1.807) is 13.3 Å². The Balaban J connectivity index is 2.10. The largest absolute Gasteiger partial charge is 0.481 e. The predicted molar refractivity (Wildman–Crippen MR) is 72.6 cm³/mol. The minimum atomic E-state index is 0.316. The number of aromatic nitrogens is 1. The van der Waals surface area contributed by atoms with Crippen LogP contribution >= 0.6 is 15.9 Å². The lowest BCUT2D eigenvalue weighted by molar-refractivity contribution is 0.397. The molecular weight excluding hydrogens is 278 g/mol. The summed E-state index contributed by atoms with van der Waals surface area (Å²) in [6.45, 7) is 0. The van der Waals surface area contributed by atoms with Crippen molar-refractivity contribution in [1.82, 2.24) is 4.98 Å². The fourth-order valence-corrected chi connectivity index (χ4v) is 2.35. The van der Waals surface area contributed by atoms with Crippen LogP contribution in [0.3, 0.4) is 0 Å². The van der Waals surface area contributed by atoms with Gasteiger partial charge < -0.3 is 4.74 Å². The molecule has 1 aromatic heterocycles. The average molecular weight is 292 g/mol. The standard InChI is InChI=1S/C14H14BrNO/c1-17-14-10-11(7-8-16-14)9-13(15)12-5-3-2-4-6-12/h2-8,10,13H,9H2,1H3. The third kappa shape index (κ3) is 3.30. The third-order valence-corrected chi connectivity index (χ3v) is 3.44. The average Bonchev–Trinajstić information content (AvgIpc) is 2.40. The van der Waals surface area contributed by atoms with E-state index in [0.717, 1.165) is 6.42 Å². The molecule has 88 valence electrons. The monoisotopic (exact) mass is 291 g/mol. The molecule has 0 saturated carbocycles. The Labute approximate surface area is 110 Å². The summed E-state index contributed by atoms with van der Waals surface area (Å²) in [5.74, 6) is 0.662. The molecule has 2 nitrogen and oxygen atoms in total. The number of halogens is 1. The molecule has 0 N–H and O–H groups in total. The molecule has 0 fully saturated rings. The summed E-state index contributed by atoms with van der Waals surface area (Å²) in [5.41, 5.74) is 2.49. The van der Waals surface area contributed by atoms with Crippen molar-refractivity contribution >= 4 is 15.9 Å². The van der Waals surface area contributed by atoms with Gasteiger partial charge in [-0.1, -0.05) is 46.3 Å². The van der Waals surface area contributed by atoms with E-state index >= 15 is 0 Å². The molecule has 0 aliphatic carbocycles. The van der Waals surface area contributed by atoms with E-state index in [1.165, 1.54) is 11.1 Å². The van der Waals surface area contributed by atoms with Crippen LogP contribution in [0, 0.1) is 0 Å². The van der Waals surface area contributed by atoms with Crippen molar-refractivity contribution in [2.75, 3.05) is 7.11 Å². The Morgan fingerprint density at radius 1 is 1.24 bits per heavy atom. The number of ether oxygens (including phenoxy) is 1. The second kappa shape index (κ2) is 5.82. The first-order valence-electron chi connectivity index (χ1n) is 5.47. The van der Waals surface area contributed by atoms with E-state index in [1.807, 2.05) is 18.2 Å². The van der Waals surface area contributed by atoms with Crippen molar-refractivity contribution in [3.8, 4) is 5.88 Å². The molecule has 0 saturated heterocycles. The second-order valence-corrected chi connectivity index (χ2v) is 4.89. The summed E-state index contributed by atoms with van der Waals surface area (Å²) in [4.78, 5) is 4.42. The lowest BCUT2D eigenvalue weighted by Gasteiger charge is -2.10. The zero-order valence-electron chi connectivity index (χ0n) is 9.64. The fraction of sp³-hybridized carbons (Fsp3) is 0.214. The molecule has 2 rings (SSSR count). The molecule has 1 heterocycles. The zero-order valence-corrected chi connectivity index (χ0v) is 11.2. The first-order chi connectivity index (χ1) is 8.29. The first-order valence-corrected chi connectivity index (χ1v) is 6.39. The van der Waals surface area contributed by atoms with Crippen LogP contribution in [0.5, 0.6) is 5.88 Å². The highest BCUT2D eigenvalue weighted by Gasteiger charge is 2.08. The Bertz CT molecular complexity index is 473. The Kier molecular flexibility index (Phi) is 4.15. The van der Waals surface area contributed by atoms with E-state index in [0.29, 0.717) is 10.7 Å². The minimum absolute atomic E-state index is 0.316. The zero-order chi connectivity index (χ0) is 12.1. The van der Waals surface area contributed by atoms with E-state index in [4.69, 9.17) is 4.74 Å². The van der Waals surface area contributed by atoms with Crippen LogP contribution < -0.4 is 4.74 Å². The van der Waals surface area contributed by atoms with Gasteiger partial charge in [-0.3, -0.25) is 0 Å². The van der Waals surface area contributed by atoms with Crippen LogP contribution in [-0.2, 0) is 6.42 Å². The summed E-state index contributed by atoms with van der Waals surface area (Å²) in [6.07, 6.45) is 2.70. The molecule has 0 aliphatic heterocycles. The molecular formula is C14H14BrNO. The Morgan fingerprint density at radius 2 is 2.00 bits per heavy atom. The summed E-state index contributed by atoms with van der Waals surface area (Å²) < 4.78 is 5.12.